The Labute approximate surface area is 291 Å². The van der Waals surface area contributed by atoms with Crippen molar-refractivity contribution in [3.63, 3.8) is 0 Å². The van der Waals surface area contributed by atoms with Gasteiger partial charge in [0.15, 0.2) is 0 Å². The van der Waals surface area contributed by atoms with Crippen molar-refractivity contribution in [2.45, 2.75) is 69.6 Å². The van der Waals surface area contributed by atoms with Gasteiger partial charge in [0.25, 0.3) is 0 Å². The molecule has 0 spiro atoms. The van der Waals surface area contributed by atoms with Crippen molar-refractivity contribution in [1.29, 1.82) is 0 Å². The van der Waals surface area contributed by atoms with E-state index >= 15 is 0 Å². The summed E-state index contributed by atoms with van der Waals surface area (Å²) in [4.78, 5) is 0. The van der Waals surface area contributed by atoms with Crippen LogP contribution < -0.4 is 0 Å². The van der Waals surface area contributed by atoms with Crippen molar-refractivity contribution in [2.75, 3.05) is 0 Å². The second-order valence-corrected chi connectivity index (χ2v) is 13.9. The zero-order valence-corrected chi connectivity index (χ0v) is 28.3. The van der Waals surface area contributed by atoms with Gasteiger partial charge in [-0.2, -0.15) is 0 Å². The smallest absolute Gasteiger partial charge is 0.122 e. The second kappa shape index (κ2) is 15.0. The van der Waals surface area contributed by atoms with E-state index in [1.807, 2.05) is 24.3 Å². The monoisotopic (exact) mass is 642 g/mol. The lowest BCUT2D eigenvalue weighted by Gasteiger charge is -2.36. The molecule has 0 radical (unpaired) electrons. The molecule has 0 atom stereocenters. The first-order valence-electron chi connectivity index (χ1n) is 17.9. The van der Waals surface area contributed by atoms with Gasteiger partial charge in [0.1, 0.15) is 11.5 Å². The lowest BCUT2D eigenvalue weighted by Crippen LogP contribution is -2.28. The lowest BCUT2D eigenvalue weighted by atomic mass is 9.67. The third-order valence-electron chi connectivity index (χ3n) is 10.5. The number of hydrogen-bond acceptors (Lipinski definition) is 2. The molecule has 0 unspecified atom stereocenters. The Morgan fingerprint density at radius 3 is 0.898 bits per heavy atom. The minimum absolute atomic E-state index is 0.244. The normalized spacial score (nSPS) is 14.3. The van der Waals surface area contributed by atoms with E-state index in [1.54, 1.807) is 0 Å². The standard InChI is InChI=1S/C47H46O2/c48-45-39(27-35-17-7-3-8-18-35)31-43(32-40(45)28-36-19-9-4-10-20-36)47(25-15-1-2-16-26-47)44-33-41(29-37-21-11-5-12-22-37)46(49)42(34-44)30-38-23-13-6-14-24-38/h3-14,17-24,31-34,48-49H,1-2,15-16,25-30H2. The molecule has 246 valence electrons. The van der Waals surface area contributed by atoms with Crippen LogP contribution in [0.15, 0.2) is 146 Å². The minimum atomic E-state index is -0.244. The Morgan fingerprint density at radius 2 is 0.633 bits per heavy atom. The molecule has 2 N–H and O–H groups in total. The zero-order chi connectivity index (χ0) is 33.5. The third-order valence-corrected chi connectivity index (χ3v) is 10.5. The summed E-state index contributed by atoms with van der Waals surface area (Å²) >= 11 is 0. The van der Waals surface area contributed by atoms with Crippen molar-refractivity contribution < 1.29 is 10.2 Å². The first-order chi connectivity index (χ1) is 24.1. The Kier molecular flexibility index (Phi) is 9.94. The number of aromatic hydroxyl groups is 2. The van der Waals surface area contributed by atoms with Gasteiger partial charge in [-0.05, 0) is 68.5 Å². The van der Waals surface area contributed by atoms with Gasteiger partial charge >= 0.3 is 0 Å². The van der Waals surface area contributed by atoms with Crippen LogP contribution in [0.5, 0.6) is 11.5 Å². The maximum atomic E-state index is 11.9. The van der Waals surface area contributed by atoms with E-state index in [2.05, 4.69) is 121 Å². The van der Waals surface area contributed by atoms with Crippen LogP contribution in [0.25, 0.3) is 0 Å². The number of rotatable bonds is 10. The summed E-state index contributed by atoms with van der Waals surface area (Å²) in [6.07, 6.45) is 9.50. The van der Waals surface area contributed by atoms with Crippen LogP contribution in [0.1, 0.15) is 94.2 Å². The minimum Gasteiger partial charge on any atom is -0.507 e. The van der Waals surface area contributed by atoms with Gasteiger partial charge < -0.3 is 10.2 Å². The van der Waals surface area contributed by atoms with Crippen LogP contribution in [0.4, 0.5) is 0 Å². The van der Waals surface area contributed by atoms with E-state index in [0.717, 1.165) is 47.9 Å². The predicted molar refractivity (Wildman–Crippen MR) is 202 cm³/mol. The summed E-state index contributed by atoms with van der Waals surface area (Å²) in [5, 5.41) is 23.7. The highest BCUT2D eigenvalue weighted by Crippen LogP contribution is 2.48. The van der Waals surface area contributed by atoms with Gasteiger partial charge in [-0.15, -0.1) is 0 Å². The maximum absolute atomic E-state index is 11.9. The summed E-state index contributed by atoms with van der Waals surface area (Å²) in [7, 11) is 0. The van der Waals surface area contributed by atoms with Crippen LogP contribution >= 0.6 is 0 Å². The molecule has 0 saturated heterocycles. The Hall–Kier alpha value is -5.08. The molecule has 6 aromatic rings. The van der Waals surface area contributed by atoms with Crippen molar-refractivity contribution in [3.8, 4) is 11.5 Å². The summed E-state index contributed by atoms with van der Waals surface area (Å²) in [5.41, 5.74) is 11.0. The summed E-state index contributed by atoms with van der Waals surface area (Å²) in [6, 6.07) is 51.2. The van der Waals surface area contributed by atoms with E-state index in [9.17, 15) is 10.2 Å². The van der Waals surface area contributed by atoms with E-state index in [1.165, 1.54) is 46.2 Å². The Morgan fingerprint density at radius 1 is 0.367 bits per heavy atom. The molecule has 7 rings (SSSR count). The fraction of sp³-hybridized carbons (Fsp3) is 0.234. The Balaban J connectivity index is 1.42. The van der Waals surface area contributed by atoms with Crippen LogP contribution in [0.2, 0.25) is 0 Å². The molecular weight excluding hydrogens is 597 g/mol. The molecule has 6 aromatic carbocycles. The van der Waals surface area contributed by atoms with Gasteiger partial charge in [0.05, 0.1) is 0 Å². The molecule has 2 heteroatoms. The van der Waals surface area contributed by atoms with Crippen LogP contribution in [0, 0.1) is 0 Å². The van der Waals surface area contributed by atoms with E-state index < -0.39 is 0 Å². The number of phenols is 2. The fourth-order valence-electron chi connectivity index (χ4n) is 7.95. The van der Waals surface area contributed by atoms with Gasteiger partial charge in [0, 0.05) is 31.1 Å². The average Bonchev–Trinajstić information content (AvgIpc) is 3.41. The SMILES string of the molecule is Oc1c(Cc2ccccc2)cc(C2(c3cc(Cc4ccccc4)c(O)c(Cc4ccccc4)c3)CCCCCC2)cc1Cc1ccccc1. The van der Waals surface area contributed by atoms with Gasteiger partial charge in [-0.3, -0.25) is 0 Å². The molecule has 1 saturated carbocycles. The maximum Gasteiger partial charge on any atom is 0.122 e. The number of benzene rings is 6. The van der Waals surface area contributed by atoms with Gasteiger partial charge in [-0.25, -0.2) is 0 Å². The lowest BCUT2D eigenvalue weighted by molar-refractivity contribution is 0.433. The molecule has 49 heavy (non-hydrogen) atoms. The average molecular weight is 643 g/mol. The van der Waals surface area contributed by atoms with E-state index in [-0.39, 0.29) is 5.41 Å². The molecule has 0 aromatic heterocycles. The third kappa shape index (κ3) is 7.50. The van der Waals surface area contributed by atoms with Crippen LogP contribution in [-0.2, 0) is 31.1 Å². The van der Waals surface area contributed by atoms with Crippen LogP contribution in [0.3, 0.4) is 0 Å². The molecule has 2 nitrogen and oxygen atoms in total. The molecule has 1 aliphatic rings. The molecule has 0 amide bonds. The van der Waals surface area contributed by atoms with Gasteiger partial charge in [-0.1, -0.05) is 171 Å². The zero-order valence-electron chi connectivity index (χ0n) is 28.3. The summed E-state index contributed by atoms with van der Waals surface area (Å²) in [5.74, 6) is 0.806. The first-order valence-corrected chi connectivity index (χ1v) is 17.9. The Bertz CT molecular complexity index is 1690. The molecule has 0 heterocycles. The first kappa shape index (κ1) is 32.5. The van der Waals surface area contributed by atoms with Crippen molar-refractivity contribution in [3.05, 3.63) is 201 Å². The molecule has 0 aliphatic heterocycles. The molecule has 1 fully saturated rings. The highest BCUT2D eigenvalue weighted by molar-refractivity contribution is 5.56. The quantitative estimate of drug-likeness (QED) is 0.146. The summed E-state index contributed by atoms with van der Waals surface area (Å²) < 4.78 is 0. The predicted octanol–water partition coefficient (Wildman–Crippen LogP) is 11.1. The van der Waals surface area contributed by atoms with Crippen LogP contribution in [-0.4, -0.2) is 10.2 Å². The number of phenolic OH excluding ortho intramolecular Hbond substituents is 2. The van der Waals surface area contributed by atoms with Crippen molar-refractivity contribution in [1.82, 2.24) is 0 Å². The van der Waals surface area contributed by atoms with Crippen molar-refractivity contribution in [2.24, 2.45) is 0 Å². The van der Waals surface area contributed by atoms with E-state index in [4.69, 9.17) is 0 Å². The topological polar surface area (TPSA) is 40.5 Å². The highest BCUT2D eigenvalue weighted by atomic mass is 16.3. The highest BCUT2D eigenvalue weighted by Gasteiger charge is 2.37. The largest absolute Gasteiger partial charge is 0.507 e. The van der Waals surface area contributed by atoms with Crippen molar-refractivity contribution >= 4 is 0 Å². The molecule has 0 bridgehead atoms. The number of hydrogen-bond donors (Lipinski definition) is 2. The van der Waals surface area contributed by atoms with E-state index in [0.29, 0.717) is 37.2 Å². The molecular formula is C47H46O2. The fourth-order valence-corrected chi connectivity index (χ4v) is 7.95. The molecule has 1 aliphatic carbocycles. The summed E-state index contributed by atoms with van der Waals surface area (Å²) in [6.45, 7) is 0. The van der Waals surface area contributed by atoms with Gasteiger partial charge in [0.2, 0.25) is 0 Å². The second-order valence-electron chi connectivity index (χ2n) is 13.9.